The lowest BCUT2D eigenvalue weighted by molar-refractivity contribution is 0.700. The van der Waals surface area contributed by atoms with Crippen molar-refractivity contribution < 1.29 is 0 Å². The molecule has 0 radical (unpaired) electrons. The van der Waals surface area contributed by atoms with E-state index >= 15 is 0 Å². The molecule has 1 aromatic heterocycles. The number of rotatable bonds is 7. The number of nitrogens with two attached hydrogens (primary N) is 2. The largest absolute Gasteiger partial charge is 0.370 e. The molecule has 1 heterocycles. The van der Waals surface area contributed by atoms with Crippen LogP contribution in [0.15, 0.2) is 65.7 Å². The van der Waals surface area contributed by atoms with Crippen molar-refractivity contribution >= 4 is 62.3 Å². The zero-order valence-corrected chi connectivity index (χ0v) is 18.2. The van der Waals surface area contributed by atoms with E-state index in [4.69, 9.17) is 39.7 Å². The fraction of sp³-hybridized carbons (Fsp3) is 0.130. The fourth-order valence-corrected chi connectivity index (χ4v) is 3.76. The number of nitrogens with zero attached hydrogens (tertiary/aromatic N) is 2. The number of benzene rings is 3. The van der Waals surface area contributed by atoms with E-state index in [0.29, 0.717) is 29.7 Å². The molecule has 4 rings (SSSR count). The van der Waals surface area contributed by atoms with Gasteiger partial charge in [0.15, 0.2) is 5.96 Å². The highest BCUT2D eigenvalue weighted by Crippen LogP contribution is 2.31. The Hall–Kier alpha value is -3.06. The van der Waals surface area contributed by atoms with Gasteiger partial charge in [0, 0.05) is 35.2 Å². The molecule has 6 nitrogen and oxygen atoms in total. The van der Waals surface area contributed by atoms with E-state index in [1.54, 1.807) is 12.1 Å². The normalized spacial score (nSPS) is 11.0. The number of pyridine rings is 1. The fourth-order valence-electron chi connectivity index (χ4n) is 3.46. The van der Waals surface area contributed by atoms with E-state index in [2.05, 4.69) is 27.8 Å². The third-order valence-electron chi connectivity index (χ3n) is 4.88. The molecule has 0 saturated heterocycles. The smallest absolute Gasteiger partial charge is 0.185 e. The maximum atomic E-state index is 6.15. The van der Waals surface area contributed by atoms with Gasteiger partial charge >= 0.3 is 0 Å². The summed E-state index contributed by atoms with van der Waals surface area (Å²) in [6.07, 6.45) is 0. The summed E-state index contributed by atoms with van der Waals surface area (Å²) in [5, 5.41) is 10.0. The minimum Gasteiger partial charge on any atom is -0.370 e. The standard InChI is InChI=1S/C23H22Cl2N6/c24-19-7-5-15(12-20(19)25)30-14-6-8-22-17(11-14)18(13-28-9-10-29-23(26)27)16-3-1-2-4-21(16)31-22/h1-8,11-12,28,30H,9-10,13H2,(H4,26,27,29). The molecule has 0 fully saturated rings. The average Bonchev–Trinajstić information content (AvgIpc) is 2.75. The van der Waals surface area contributed by atoms with Crippen molar-refractivity contribution in [2.75, 3.05) is 18.4 Å². The molecule has 31 heavy (non-hydrogen) atoms. The van der Waals surface area contributed by atoms with Gasteiger partial charge in [0.1, 0.15) is 0 Å². The molecule has 0 amide bonds. The van der Waals surface area contributed by atoms with Crippen molar-refractivity contribution in [1.82, 2.24) is 10.3 Å². The monoisotopic (exact) mass is 452 g/mol. The summed E-state index contributed by atoms with van der Waals surface area (Å²) in [6.45, 7) is 1.85. The van der Waals surface area contributed by atoms with Crippen LogP contribution in [0.4, 0.5) is 11.4 Å². The second-order valence-corrected chi connectivity index (χ2v) is 7.89. The molecule has 0 aliphatic heterocycles. The van der Waals surface area contributed by atoms with E-state index in [1.807, 2.05) is 36.4 Å². The summed E-state index contributed by atoms with van der Waals surface area (Å²) < 4.78 is 0. The molecule has 0 saturated carbocycles. The Morgan fingerprint density at radius 2 is 1.61 bits per heavy atom. The first-order chi connectivity index (χ1) is 15.0. The van der Waals surface area contributed by atoms with Gasteiger partial charge in [0.2, 0.25) is 0 Å². The highest BCUT2D eigenvalue weighted by atomic mass is 35.5. The number of para-hydroxylation sites is 1. The van der Waals surface area contributed by atoms with Gasteiger partial charge in [-0.25, -0.2) is 4.98 Å². The van der Waals surface area contributed by atoms with Crippen LogP contribution in [0.3, 0.4) is 0 Å². The Kier molecular flexibility index (Phi) is 6.42. The van der Waals surface area contributed by atoms with Crippen LogP contribution in [0.2, 0.25) is 10.0 Å². The summed E-state index contributed by atoms with van der Waals surface area (Å²) in [4.78, 5) is 8.85. The van der Waals surface area contributed by atoms with E-state index in [-0.39, 0.29) is 5.96 Å². The topological polar surface area (TPSA) is 101 Å². The molecule has 0 aliphatic rings. The molecule has 158 valence electrons. The van der Waals surface area contributed by atoms with E-state index < -0.39 is 0 Å². The lowest BCUT2D eigenvalue weighted by atomic mass is 10.0. The molecule has 3 aromatic carbocycles. The molecule has 0 aliphatic carbocycles. The molecule has 6 N–H and O–H groups in total. The highest BCUT2D eigenvalue weighted by molar-refractivity contribution is 6.42. The number of aliphatic imine (C=N–C) groups is 1. The first kappa shape index (κ1) is 21.2. The van der Waals surface area contributed by atoms with Crippen molar-refractivity contribution in [3.8, 4) is 0 Å². The predicted molar refractivity (Wildman–Crippen MR) is 131 cm³/mol. The van der Waals surface area contributed by atoms with Crippen molar-refractivity contribution in [3.05, 3.63) is 76.3 Å². The number of guanidine groups is 1. The maximum Gasteiger partial charge on any atom is 0.185 e. The second kappa shape index (κ2) is 9.39. The van der Waals surface area contributed by atoms with Crippen molar-refractivity contribution in [2.45, 2.75) is 6.54 Å². The van der Waals surface area contributed by atoms with E-state index in [9.17, 15) is 0 Å². The number of aromatic nitrogens is 1. The summed E-state index contributed by atoms with van der Waals surface area (Å²) in [7, 11) is 0. The van der Waals surface area contributed by atoms with Crippen LogP contribution in [0, 0.1) is 0 Å². The molecule has 8 heteroatoms. The van der Waals surface area contributed by atoms with E-state index in [1.165, 1.54) is 5.56 Å². The van der Waals surface area contributed by atoms with Crippen LogP contribution in [0.1, 0.15) is 5.56 Å². The minimum absolute atomic E-state index is 0.0969. The van der Waals surface area contributed by atoms with Gasteiger partial charge in [-0.3, -0.25) is 4.99 Å². The van der Waals surface area contributed by atoms with Crippen LogP contribution >= 0.6 is 23.2 Å². The Morgan fingerprint density at radius 1 is 0.871 bits per heavy atom. The van der Waals surface area contributed by atoms with Gasteiger partial charge in [0.25, 0.3) is 0 Å². The van der Waals surface area contributed by atoms with Crippen LogP contribution in [0.25, 0.3) is 21.8 Å². The lowest BCUT2D eigenvalue weighted by Gasteiger charge is -2.14. The summed E-state index contributed by atoms with van der Waals surface area (Å²) in [5.74, 6) is 0.0969. The number of halogens is 2. The maximum absolute atomic E-state index is 6.15. The van der Waals surface area contributed by atoms with Crippen LogP contribution in [-0.2, 0) is 6.54 Å². The van der Waals surface area contributed by atoms with Crippen LogP contribution in [0.5, 0.6) is 0 Å². The van der Waals surface area contributed by atoms with Crippen LogP contribution < -0.4 is 22.1 Å². The molecular weight excluding hydrogens is 431 g/mol. The van der Waals surface area contributed by atoms with Gasteiger partial charge in [-0.05, 0) is 48.0 Å². The number of nitrogens with one attached hydrogen (secondary N) is 2. The van der Waals surface area contributed by atoms with Crippen molar-refractivity contribution in [1.29, 1.82) is 0 Å². The van der Waals surface area contributed by atoms with Gasteiger partial charge in [0.05, 0.1) is 27.6 Å². The molecule has 4 aromatic rings. The van der Waals surface area contributed by atoms with Crippen molar-refractivity contribution in [2.24, 2.45) is 16.5 Å². The van der Waals surface area contributed by atoms with Gasteiger partial charge in [-0.1, -0.05) is 41.4 Å². The number of anilines is 2. The Bertz CT molecular complexity index is 1270. The third-order valence-corrected chi connectivity index (χ3v) is 5.62. The highest BCUT2D eigenvalue weighted by Gasteiger charge is 2.10. The number of hydrogen-bond acceptors (Lipinski definition) is 4. The van der Waals surface area contributed by atoms with Gasteiger partial charge < -0.3 is 22.1 Å². The zero-order chi connectivity index (χ0) is 21.8. The molecule has 0 spiro atoms. The van der Waals surface area contributed by atoms with Crippen LogP contribution in [-0.4, -0.2) is 24.0 Å². The Morgan fingerprint density at radius 3 is 2.42 bits per heavy atom. The summed E-state index contributed by atoms with van der Waals surface area (Å²) >= 11 is 12.2. The third kappa shape index (κ3) is 4.99. The molecule has 0 bridgehead atoms. The summed E-state index contributed by atoms with van der Waals surface area (Å²) in [5.41, 5.74) is 15.7. The Labute approximate surface area is 190 Å². The first-order valence-electron chi connectivity index (χ1n) is 9.81. The quantitative estimate of drug-likeness (QED) is 0.139. The van der Waals surface area contributed by atoms with E-state index in [0.717, 1.165) is 33.2 Å². The number of fused-ring (bicyclic) bond motifs is 2. The second-order valence-electron chi connectivity index (χ2n) is 7.08. The van der Waals surface area contributed by atoms with Gasteiger partial charge in [-0.2, -0.15) is 0 Å². The average molecular weight is 453 g/mol. The van der Waals surface area contributed by atoms with Gasteiger partial charge in [-0.15, -0.1) is 0 Å². The molecular formula is C23H22Cl2N6. The van der Waals surface area contributed by atoms with Crippen molar-refractivity contribution in [3.63, 3.8) is 0 Å². The Balaban J connectivity index is 1.69. The number of hydrogen-bond donors (Lipinski definition) is 4. The lowest BCUT2D eigenvalue weighted by Crippen LogP contribution is -2.25. The zero-order valence-electron chi connectivity index (χ0n) is 16.7. The molecule has 0 atom stereocenters. The predicted octanol–water partition coefficient (Wildman–Crippen LogP) is 4.80. The first-order valence-corrected chi connectivity index (χ1v) is 10.6. The molecule has 0 unspecified atom stereocenters. The SMILES string of the molecule is NC(N)=NCCNCc1c2ccccc2nc2ccc(Nc3ccc(Cl)c(Cl)c3)cc12. The summed E-state index contributed by atoms with van der Waals surface area (Å²) in [6, 6.07) is 19.7. The minimum atomic E-state index is 0.0969.